The molecule has 0 radical (unpaired) electrons. The van der Waals surface area contributed by atoms with Gasteiger partial charge in [0, 0.05) is 13.1 Å². The molecule has 39 heavy (non-hydrogen) atoms. The first-order chi connectivity index (χ1) is 18.6. The highest BCUT2D eigenvalue weighted by Gasteiger charge is 2.32. The van der Waals surface area contributed by atoms with Crippen molar-refractivity contribution in [1.82, 2.24) is 10.2 Å². The number of rotatable bonds is 12. The Morgan fingerprint density at radius 1 is 0.923 bits per heavy atom. The van der Waals surface area contributed by atoms with Gasteiger partial charge in [0.1, 0.15) is 18.3 Å². The van der Waals surface area contributed by atoms with Gasteiger partial charge in [0.15, 0.2) is 0 Å². The maximum Gasteiger partial charge on any atom is 0.264 e. The van der Waals surface area contributed by atoms with Gasteiger partial charge in [-0.25, -0.2) is 8.42 Å². The van der Waals surface area contributed by atoms with Gasteiger partial charge in [0.25, 0.3) is 10.0 Å². The maximum atomic E-state index is 13.9. The Morgan fingerprint density at radius 2 is 1.59 bits per heavy atom. The third-order valence-electron chi connectivity index (χ3n) is 6.28. The molecule has 0 aliphatic carbocycles. The molecular weight excluding hydrogens is 514 g/mol. The molecule has 0 aromatic heterocycles. The molecule has 3 rings (SSSR count). The van der Waals surface area contributed by atoms with Crippen LogP contribution in [-0.4, -0.2) is 50.9 Å². The monoisotopic (exact) mass is 551 g/mol. The molecule has 0 bridgehead atoms. The molecule has 0 heterocycles. The summed E-state index contributed by atoms with van der Waals surface area (Å²) in [4.78, 5) is 28.2. The van der Waals surface area contributed by atoms with E-state index in [2.05, 4.69) is 5.32 Å². The first kappa shape index (κ1) is 29.7. The second-order valence-corrected chi connectivity index (χ2v) is 11.2. The lowest BCUT2D eigenvalue weighted by molar-refractivity contribution is -0.139. The molecule has 208 valence electrons. The topological polar surface area (TPSA) is 96.0 Å². The van der Waals surface area contributed by atoms with E-state index >= 15 is 0 Å². The van der Waals surface area contributed by atoms with Crippen LogP contribution in [0.15, 0.2) is 77.7 Å². The van der Waals surface area contributed by atoms with Crippen molar-refractivity contribution in [2.24, 2.45) is 0 Å². The molecule has 0 spiro atoms. The Labute approximate surface area is 231 Å². The highest BCUT2D eigenvalue weighted by Crippen LogP contribution is 2.27. The van der Waals surface area contributed by atoms with Crippen molar-refractivity contribution in [2.75, 3.05) is 24.0 Å². The number of ether oxygens (including phenoxy) is 1. The Kier molecular flexibility index (Phi) is 10.1. The van der Waals surface area contributed by atoms with Crippen LogP contribution in [0.5, 0.6) is 5.75 Å². The van der Waals surface area contributed by atoms with Gasteiger partial charge in [-0.3, -0.25) is 13.9 Å². The van der Waals surface area contributed by atoms with Crippen LogP contribution < -0.4 is 14.4 Å². The fourth-order valence-electron chi connectivity index (χ4n) is 4.15. The van der Waals surface area contributed by atoms with E-state index in [9.17, 15) is 18.0 Å². The lowest BCUT2D eigenvalue weighted by atomic mass is 10.1. The number of amides is 2. The summed E-state index contributed by atoms with van der Waals surface area (Å²) in [5.74, 6) is -0.224. The Hall–Kier alpha value is -3.85. The fraction of sp³-hybridized carbons (Fsp3) is 0.333. The van der Waals surface area contributed by atoms with Crippen LogP contribution in [0, 0.1) is 13.8 Å². The van der Waals surface area contributed by atoms with Crippen LogP contribution in [0.2, 0.25) is 0 Å². The third-order valence-corrected chi connectivity index (χ3v) is 8.07. The number of hydrogen-bond donors (Lipinski definition) is 1. The molecule has 0 saturated heterocycles. The van der Waals surface area contributed by atoms with Crippen molar-refractivity contribution in [3.05, 3.63) is 89.5 Å². The minimum atomic E-state index is -4.12. The molecule has 1 atom stereocenters. The first-order valence-corrected chi connectivity index (χ1v) is 14.5. The summed E-state index contributed by atoms with van der Waals surface area (Å²) >= 11 is 0. The predicted molar refractivity (Wildman–Crippen MR) is 153 cm³/mol. The summed E-state index contributed by atoms with van der Waals surface area (Å²) in [6.07, 6.45) is 0. The van der Waals surface area contributed by atoms with E-state index in [0.29, 0.717) is 24.6 Å². The Bertz CT molecular complexity index is 1370. The number of anilines is 1. The van der Waals surface area contributed by atoms with E-state index in [-0.39, 0.29) is 17.3 Å². The SMILES string of the molecule is CCNC(=O)C(C)N(Cc1cccc(C)c1)C(=O)CN(c1ccc(OCC)cc1)S(=O)(=O)c1ccc(C)cc1. The molecule has 3 aromatic carbocycles. The van der Waals surface area contributed by atoms with Crippen LogP contribution in [0.25, 0.3) is 0 Å². The predicted octanol–water partition coefficient (Wildman–Crippen LogP) is 4.45. The second kappa shape index (κ2) is 13.3. The maximum absolute atomic E-state index is 13.9. The number of sulfonamides is 1. The number of carbonyl (C=O) groups excluding carboxylic acids is 2. The van der Waals surface area contributed by atoms with Gasteiger partial charge in [0.2, 0.25) is 11.8 Å². The summed E-state index contributed by atoms with van der Waals surface area (Å²) in [6, 6.07) is 19.9. The number of nitrogens with zero attached hydrogens (tertiary/aromatic N) is 2. The van der Waals surface area contributed by atoms with Crippen LogP contribution in [0.4, 0.5) is 5.69 Å². The van der Waals surface area contributed by atoms with Gasteiger partial charge < -0.3 is 15.0 Å². The van der Waals surface area contributed by atoms with Gasteiger partial charge in [-0.05, 0) is 76.6 Å². The number of benzene rings is 3. The van der Waals surface area contributed by atoms with Gasteiger partial charge >= 0.3 is 0 Å². The van der Waals surface area contributed by atoms with Crippen molar-refractivity contribution >= 4 is 27.5 Å². The summed E-state index contributed by atoms with van der Waals surface area (Å²) in [5.41, 5.74) is 3.09. The number of likely N-dealkylation sites (N-methyl/N-ethyl adjacent to an activating group) is 1. The summed E-state index contributed by atoms with van der Waals surface area (Å²) in [5, 5.41) is 2.76. The first-order valence-electron chi connectivity index (χ1n) is 13.0. The third kappa shape index (κ3) is 7.60. The molecule has 1 N–H and O–H groups in total. The molecule has 0 saturated carbocycles. The highest BCUT2D eigenvalue weighted by molar-refractivity contribution is 7.92. The Morgan fingerprint density at radius 3 is 2.18 bits per heavy atom. The molecule has 0 fully saturated rings. The highest BCUT2D eigenvalue weighted by atomic mass is 32.2. The van der Waals surface area contributed by atoms with Crippen molar-refractivity contribution < 1.29 is 22.7 Å². The average molecular weight is 552 g/mol. The van der Waals surface area contributed by atoms with Gasteiger partial charge in [-0.1, -0.05) is 47.5 Å². The minimum absolute atomic E-state index is 0.0665. The van der Waals surface area contributed by atoms with E-state index in [1.54, 1.807) is 50.2 Å². The van der Waals surface area contributed by atoms with Gasteiger partial charge in [0.05, 0.1) is 17.2 Å². The zero-order valence-corrected chi connectivity index (χ0v) is 24.0. The van der Waals surface area contributed by atoms with Crippen molar-refractivity contribution in [2.45, 2.75) is 52.1 Å². The molecule has 2 amide bonds. The van der Waals surface area contributed by atoms with Crippen LogP contribution >= 0.6 is 0 Å². The van der Waals surface area contributed by atoms with E-state index in [1.165, 1.54) is 17.0 Å². The van der Waals surface area contributed by atoms with Crippen molar-refractivity contribution in [3.8, 4) is 5.75 Å². The van der Waals surface area contributed by atoms with E-state index in [4.69, 9.17) is 4.74 Å². The Balaban J connectivity index is 2.03. The van der Waals surface area contributed by atoms with Crippen LogP contribution in [0.3, 0.4) is 0 Å². The minimum Gasteiger partial charge on any atom is -0.494 e. The molecule has 0 aliphatic rings. The summed E-state index contributed by atoms with van der Waals surface area (Å²) in [6.45, 7) is 9.68. The number of carbonyl (C=O) groups is 2. The normalized spacial score (nSPS) is 11.9. The lowest BCUT2D eigenvalue weighted by Crippen LogP contribution is -2.51. The van der Waals surface area contributed by atoms with E-state index < -0.39 is 28.5 Å². The molecule has 9 heteroatoms. The second-order valence-electron chi connectivity index (χ2n) is 9.33. The molecule has 1 unspecified atom stereocenters. The lowest BCUT2D eigenvalue weighted by Gasteiger charge is -2.32. The molecule has 8 nitrogen and oxygen atoms in total. The average Bonchev–Trinajstić information content (AvgIpc) is 2.91. The summed E-state index contributed by atoms with van der Waals surface area (Å²) < 4.78 is 34.3. The van der Waals surface area contributed by atoms with E-state index in [0.717, 1.165) is 21.0 Å². The van der Waals surface area contributed by atoms with E-state index in [1.807, 2.05) is 45.0 Å². The zero-order chi connectivity index (χ0) is 28.6. The fourth-order valence-corrected chi connectivity index (χ4v) is 5.57. The van der Waals surface area contributed by atoms with Gasteiger partial charge in [-0.2, -0.15) is 0 Å². The van der Waals surface area contributed by atoms with Crippen molar-refractivity contribution in [1.29, 1.82) is 0 Å². The van der Waals surface area contributed by atoms with Crippen LogP contribution in [-0.2, 0) is 26.2 Å². The molecule has 3 aromatic rings. The van der Waals surface area contributed by atoms with Crippen molar-refractivity contribution in [3.63, 3.8) is 0 Å². The van der Waals surface area contributed by atoms with Gasteiger partial charge in [-0.15, -0.1) is 0 Å². The quantitative estimate of drug-likeness (QED) is 0.359. The molecular formula is C30H37N3O5S. The van der Waals surface area contributed by atoms with Crippen LogP contribution in [0.1, 0.15) is 37.5 Å². The smallest absolute Gasteiger partial charge is 0.264 e. The number of aryl methyl sites for hydroxylation is 2. The molecule has 0 aliphatic heterocycles. The standard InChI is InChI=1S/C30H37N3O5S/c1-6-31-30(35)24(5)32(20-25-10-8-9-23(4)19-25)29(34)21-33(26-13-15-27(16-14-26)38-7-2)39(36,37)28-17-11-22(3)12-18-28/h8-19,24H,6-7,20-21H2,1-5H3,(H,31,35). The number of hydrogen-bond acceptors (Lipinski definition) is 5. The largest absolute Gasteiger partial charge is 0.494 e. The summed E-state index contributed by atoms with van der Waals surface area (Å²) in [7, 11) is -4.12. The zero-order valence-electron chi connectivity index (χ0n) is 23.2. The number of nitrogens with one attached hydrogen (secondary N) is 1.